The number of H-pyrrole nitrogens is 1. The minimum atomic E-state index is 0.0996. The average Bonchev–Trinajstić information content (AvgIpc) is 3.92. The van der Waals surface area contributed by atoms with Gasteiger partial charge in [0.1, 0.15) is 5.25 Å². The van der Waals surface area contributed by atoms with Crippen LogP contribution < -0.4 is 20.0 Å². The number of hydrogen-bond acceptors (Lipinski definition) is 5. The molecule has 5 heterocycles. The summed E-state index contributed by atoms with van der Waals surface area (Å²) in [5, 5.41) is 11.1. The molecule has 0 fully saturated rings. The van der Waals surface area contributed by atoms with Crippen LogP contribution in [-0.2, 0) is 0 Å². The molecule has 5 nitrogen and oxygen atoms in total. The molecule has 358 valence electrons. The van der Waals surface area contributed by atoms with E-state index in [4.69, 9.17) is 9.97 Å². The summed E-state index contributed by atoms with van der Waals surface area (Å²) in [6.07, 6.45) is 40.2. The number of aromatic amines is 1. The van der Waals surface area contributed by atoms with Gasteiger partial charge in [0.15, 0.2) is 0 Å². The number of para-hydroxylation sites is 2. The van der Waals surface area contributed by atoms with Crippen LogP contribution in [0.25, 0.3) is 77.1 Å². The van der Waals surface area contributed by atoms with Crippen LogP contribution in [0.15, 0.2) is 268 Å². The number of fused-ring (bicyclic) bond motifs is 8. The van der Waals surface area contributed by atoms with Gasteiger partial charge in [0.2, 0.25) is 17.1 Å². The van der Waals surface area contributed by atoms with Gasteiger partial charge in [0, 0.05) is 108 Å². The molecule has 0 amide bonds. The number of pyridine rings is 2. The van der Waals surface area contributed by atoms with Crippen molar-refractivity contribution in [2.24, 2.45) is 11.8 Å². The van der Waals surface area contributed by atoms with Crippen molar-refractivity contribution in [1.82, 2.24) is 19.5 Å². The minimum absolute atomic E-state index is 0.0996. The van der Waals surface area contributed by atoms with Gasteiger partial charge in [-0.1, -0.05) is 139 Å². The van der Waals surface area contributed by atoms with Crippen LogP contribution in [0.3, 0.4) is 0 Å². The Morgan fingerprint density at radius 1 is 0.519 bits per heavy atom. The average molecular weight is 1020 g/mol. The molecular weight excluding hydrogens is 975 g/mol. The summed E-state index contributed by atoms with van der Waals surface area (Å²) in [5.74, 6) is 0.454. The fourth-order valence-electron chi connectivity index (χ4n) is 14.0. The number of anilines is 3. The van der Waals surface area contributed by atoms with Gasteiger partial charge in [-0.15, -0.1) is 11.8 Å². The second-order valence-electron chi connectivity index (χ2n) is 21.0. The third-order valence-electron chi connectivity index (χ3n) is 17.2. The molecule has 3 atom stereocenters. The number of hydrogen-bond donors (Lipinski definition) is 1. The van der Waals surface area contributed by atoms with Crippen molar-refractivity contribution in [3.05, 3.63) is 264 Å². The molecule has 3 unspecified atom stereocenters. The standard InChI is InChI=1S/C70H42N5S2/c1-4-23-62-56(20-1)74(57-21-2-5-24-63(57)76-62)59-33-50(40-14-10-30-71-37-40)45-27-29-48-60(34-51(41-15-11-31-72-38-41)46-26-28-47(59)69(45)70(46)48)75-58-22-3-6-25-64(58)77-65-35-53-54(36-61(65)75)73-55-32-52-44-17-8-13-39-12-7-16-42(66(39)44)43-18-9-19-49(67(43)52)68(53)55/h1-38,64,66-67,73H/q+1. The number of benzene rings is 7. The van der Waals surface area contributed by atoms with E-state index in [1.807, 2.05) is 48.3 Å². The Hall–Kier alpha value is -9.01. The second-order valence-corrected chi connectivity index (χ2v) is 23.3. The molecule has 7 heteroatoms. The molecule has 8 aliphatic rings. The van der Waals surface area contributed by atoms with Crippen LogP contribution in [0, 0.1) is 11.8 Å². The van der Waals surface area contributed by atoms with E-state index >= 15 is 0 Å². The summed E-state index contributed by atoms with van der Waals surface area (Å²) in [6, 6.07) is 45.5. The van der Waals surface area contributed by atoms with Crippen LogP contribution in [0.4, 0.5) is 28.4 Å². The van der Waals surface area contributed by atoms with Crippen LogP contribution in [0.2, 0.25) is 0 Å². The summed E-state index contributed by atoms with van der Waals surface area (Å²) in [4.78, 5) is 19.7. The van der Waals surface area contributed by atoms with Gasteiger partial charge in [0.05, 0.1) is 32.9 Å². The zero-order valence-corrected chi connectivity index (χ0v) is 42.9. The van der Waals surface area contributed by atoms with Crippen molar-refractivity contribution in [1.29, 1.82) is 0 Å². The van der Waals surface area contributed by atoms with Crippen molar-refractivity contribution in [3.8, 4) is 22.3 Å². The fraction of sp³-hybridized carbons (Fsp3) is 0.0429. The molecule has 7 aromatic carbocycles. The maximum atomic E-state index is 4.75. The van der Waals surface area contributed by atoms with E-state index < -0.39 is 0 Å². The van der Waals surface area contributed by atoms with Gasteiger partial charge in [-0.05, 0) is 116 Å². The first-order valence-electron chi connectivity index (χ1n) is 26.4. The van der Waals surface area contributed by atoms with E-state index in [0.717, 1.165) is 39.1 Å². The molecule has 0 saturated heterocycles. The van der Waals surface area contributed by atoms with E-state index in [2.05, 4.69) is 221 Å². The molecule has 18 rings (SSSR count). The van der Waals surface area contributed by atoms with E-state index in [-0.39, 0.29) is 17.1 Å². The van der Waals surface area contributed by atoms with Crippen molar-refractivity contribution in [3.63, 3.8) is 0 Å². The largest absolute Gasteiger partial charge is 0.354 e. The lowest BCUT2D eigenvalue weighted by Crippen LogP contribution is -2.38. The van der Waals surface area contributed by atoms with Gasteiger partial charge in [-0.25, -0.2) is 0 Å². The maximum absolute atomic E-state index is 4.75. The highest BCUT2D eigenvalue weighted by molar-refractivity contribution is 8.01. The lowest BCUT2D eigenvalue weighted by molar-refractivity contribution is 0.756. The highest BCUT2D eigenvalue weighted by atomic mass is 32.2. The lowest BCUT2D eigenvalue weighted by atomic mass is 9.61. The number of thioether (sulfide) groups is 1. The van der Waals surface area contributed by atoms with E-state index in [0.29, 0.717) is 0 Å². The SMILES string of the molecule is C1=CC2=CC=CC3=C4C=c5[nH]c6cc7c(cc6c5=C5C=CC=C(C(=C1)C23)C45)SC1C=CC=CC1=[N+]7c1cc(-c2cccnc2)c2ccc3c(N4c5ccccc5Sc5ccccc54)cc(-c4cccnc4)c4ccc1c2c43. The fourth-order valence-corrected chi connectivity index (χ4v) is 16.3. The van der Waals surface area contributed by atoms with Gasteiger partial charge in [0.25, 0.3) is 0 Å². The summed E-state index contributed by atoms with van der Waals surface area (Å²) in [5.41, 5.74) is 21.1. The second kappa shape index (κ2) is 15.8. The quantitative estimate of drug-likeness (QED) is 0.141. The van der Waals surface area contributed by atoms with Gasteiger partial charge in [-0.2, -0.15) is 4.58 Å². The number of rotatable bonds is 4. The maximum Gasteiger partial charge on any atom is 0.227 e. The Balaban J connectivity index is 0.932. The zero-order valence-electron chi connectivity index (χ0n) is 41.3. The Kier molecular flexibility index (Phi) is 8.65. The smallest absolute Gasteiger partial charge is 0.227 e. The summed E-state index contributed by atoms with van der Waals surface area (Å²) in [6.45, 7) is 0. The predicted octanol–water partition coefficient (Wildman–Crippen LogP) is 16.0. The van der Waals surface area contributed by atoms with Crippen LogP contribution in [0.1, 0.15) is 0 Å². The third-order valence-corrected chi connectivity index (χ3v) is 19.5. The molecular formula is C70H42N5S2+. The van der Waals surface area contributed by atoms with Crippen LogP contribution in [-0.4, -0.2) is 25.9 Å². The molecule has 0 saturated carbocycles. The number of nitrogens with zero attached hydrogens (tertiary/aromatic N) is 4. The van der Waals surface area contributed by atoms with Gasteiger partial charge >= 0.3 is 0 Å². The first kappa shape index (κ1) is 42.2. The number of nitrogens with one attached hydrogen (secondary N) is 1. The molecule has 0 spiro atoms. The van der Waals surface area contributed by atoms with Crippen LogP contribution in [0.5, 0.6) is 0 Å². The Morgan fingerprint density at radius 3 is 1.99 bits per heavy atom. The first-order chi connectivity index (χ1) is 38.2. The Labute approximate surface area is 451 Å². The highest BCUT2D eigenvalue weighted by Gasteiger charge is 2.42. The molecule has 2 aliphatic heterocycles. The Morgan fingerprint density at radius 2 is 1.21 bits per heavy atom. The zero-order chi connectivity index (χ0) is 50.0. The van der Waals surface area contributed by atoms with Crippen molar-refractivity contribution in [2.75, 3.05) is 4.90 Å². The van der Waals surface area contributed by atoms with Crippen LogP contribution >= 0.6 is 23.5 Å². The minimum Gasteiger partial charge on any atom is -0.354 e. The molecule has 1 N–H and O–H groups in total. The molecule has 0 bridgehead atoms. The predicted molar refractivity (Wildman–Crippen MR) is 321 cm³/mol. The van der Waals surface area contributed by atoms with Crippen molar-refractivity contribution < 1.29 is 0 Å². The topological polar surface area (TPSA) is 47.8 Å². The molecule has 10 aromatic rings. The first-order valence-corrected chi connectivity index (χ1v) is 28.1. The van der Waals surface area contributed by atoms with E-state index in [9.17, 15) is 0 Å². The number of allylic oxidation sites excluding steroid dienone is 17. The van der Waals surface area contributed by atoms with Crippen molar-refractivity contribution >= 4 is 113 Å². The number of aromatic nitrogens is 3. The summed E-state index contributed by atoms with van der Waals surface area (Å²) < 4.78 is 2.59. The third kappa shape index (κ3) is 5.85. The van der Waals surface area contributed by atoms with E-state index in [1.165, 1.54) is 119 Å². The van der Waals surface area contributed by atoms with Crippen molar-refractivity contribution in [2.45, 2.75) is 19.9 Å². The van der Waals surface area contributed by atoms with E-state index in [1.54, 1.807) is 0 Å². The highest BCUT2D eigenvalue weighted by Crippen LogP contribution is 2.57. The normalized spacial score (nSPS) is 19.9. The molecule has 3 aromatic heterocycles. The summed E-state index contributed by atoms with van der Waals surface area (Å²) in [7, 11) is 0. The molecule has 0 radical (unpaired) electrons. The van der Waals surface area contributed by atoms with Gasteiger partial charge in [-0.3, -0.25) is 9.97 Å². The Bertz CT molecular complexity index is 4820. The lowest BCUT2D eigenvalue weighted by Gasteiger charge is -2.41. The molecule has 77 heavy (non-hydrogen) atoms. The monoisotopic (exact) mass is 1020 g/mol. The summed E-state index contributed by atoms with van der Waals surface area (Å²) >= 11 is 3.80. The van der Waals surface area contributed by atoms with Gasteiger partial charge < -0.3 is 9.88 Å². The molecule has 6 aliphatic carbocycles.